The Morgan fingerprint density at radius 1 is 1.15 bits per heavy atom. The van der Waals surface area contributed by atoms with Gasteiger partial charge in [-0.1, -0.05) is 36.0 Å². The van der Waals surface area contributed by atoms with E-state index in [9.17, 15) is 18.0 Å². The van der Waals surface area contributed by atoms with E-state index in [0.29, 0.717) is 29.6 Å². The predicted molar refractivity (Wildman–Crippen MR) is 126 cm³/mol. The van der Waals surface area contributed by atoms with Gasteiger partial charge in [-0.25, -0.2) is 18.5 Å². The van der Waals surface area contributed by atoms with Crippen LogP contribution in [0.2, 0.25) is 0 Å². The predicted octanol–water partition coefficient (Wildman–Crippen LogP) is 1.62. The Morgan fingerprint density at radius 3 is 2.61 bits per heavy atom. The van der Waals surface area contributed by atoms with Crippen molar-refractivity contribution in [3.63, 3.8) is 0 Å². The summed E-state index contributed by atoms with van der Waals surface area (Å²) in [6.07, 6.45) is 0.488. The number of nitrogens with two attached hydrogens (primary N) is 1. The number of rotatable bonds is 10. The van der Waals surface area contributed by atoms with Gasteiger partial charge in [-0.05, 0) is 41.8 Å². The third-order valence-corrected chi connectivity index (χ3v) is 6.49. The molecule has 0 saturated heterocycles. The Balaban J connectivity index is 1.52. The number of nitrogens with zero attached hydrogens (tertiary/aromatic N) is 1. The van der Waals surface area contributed by atoms with Crippen molar-refractivity contribution in [2.75, 3.05) is 13.7 Å². The molecule has 0 bridgehead atoms. The molecule has 3 aromatic rings. The zero-order chi connectivity index (χ0) is 23.8. The number of carbonyl (C=O) groups excluding carboxylic acids is 1. The summed E-state index contributed by atoms with van der Waals surface area (Å²) in [5.41, 5.74) is 1.92. The first-order valence-electron chi connectivity index (χ1n) is 9.97. The van der Waals surface area contributed by atoms with Gasteiger partial charge in [0.25, 0.3) is 5.56 Å². The van der Waals surface area contributed by atoms with Crippen LogP contribution in [-0.2, 0) is 33.4 Å². The zero-order valence-electron chi connectivity index (χ0n) is 17.9. The maximum atomic E-state index is 12.3. The first-order chi connectivity index (χ1) is 15.7. The second-order valence-electron chi connectivity index (χ2n) is 7.15. The highest BCUT2D eigenvalue weighted by molar-refractivity contribution is 7.98. The van der Waals surface area contributed by atoms with Gasteiger partial charge >= 0.3 is 0 Å². The molecular formula is C22H24N4O5S2. The summed E-state index contributed by atoms with van der Waals surface area (Å²) in [4.78, 5) is 31.4. The topological polar surface area (TPSA) is 144 Å². The van der Waals surface area contributed by atoms with Crippen molar-refractivity contribution in [3.05, 3.63) is 81.8 Å². The van der Waals surface area contributed by atoms with Crippen LogP contribution in [0.3, 0.4) is 0 Å². The fourth-order valence-corrected chi connectivity index (χ4v) is 4.33. The van der Waals surface area contributed by atoms with Crippen LogP contribution in [0.1, 0.15) is 16.8 Å². The number of hydrogen-bond donors (Lipinski definition) is 3. The Bertz CT molecular complexity index is 1270. The van der Waals surface area contributed by atoms with Gasteiger partial charge in [0.2, 0.25) is 15.9 Å². The molecule has 0 unspecified atom stereocenters. The van der Waals surface area contributed by atoms with Gasteiger partial charge in [0.05, 0.1) is 24.1 Å². The monoisotopic (exact) mass is 488 g/mol. The number of methoxy groups -OCH3 is 1. The first-order valence-corrected chi connectivity index (χ1v) is 12.5. The average molecular weight is 489 g/mol. The third kappa shape index (κ3) is 7.74. The van der Waals surface area contributed by atoms with Gasteiger partial charge in [0.1, 0.15) is 5.75 Å². The molecule has 0 fully saturated rings. The van der Waals surface area contributed by atoms with Crippen molar-refractivity contribution < 1.29 is 17.9 Å². The van der Waals surface area contributed by atoms with Crippen LogP contribution < -0.4 is 20.8 Å². The molecule has 0 spiro atoms. The van der Waals surface area contributed by atoms with Crippen molar-refractivity contribution >= 4 is 27.7 Å². The number of aromatic amines is 1. The number of nitrogens with one attached hydrogen (secondary N) is 2. The van der Waals surface area contributed by atoms with E-state index in [1.54, 1.807) is 19.2 Å². The van der Waals surface area contributed by atoms with E-state index < -0.39 is 10.0 Å². The summed E-state index contributed by atoms with van der Waals surface area (Å²) < 4.78 is 27.8. The molecule has 0 aliphatic rings. The first kappa shape index (κ1) is 24.5. The lowest BCUT2D eigenvalue weighted by Gasteiger charge is -2.07. The highest BCUT2D eigenvalue weighted by atomic mass is 32.2. The quantitative estimate of drug-likeness (QED) is 0.290. The fraction of sp³-hybridized carbons (Fsp3) is 0.227. The van der Waals surface area contributed by atoms with Crippen LogP contribution in [-0.4, -0.2) is 37.9 Å². The Hall–Kier alpha value is -3.15. The molecule has 1 heterocycles. The SMILES string of the molecule is COc1cccc(CSc2nc(CC(=O)NCCc3ccc(S(N)(=O)=O)cc3)cc(=O)[nH]2)c1. The minimum atomic E-state index is -3.73. The summed E-state index contributed by atoms with van der Waals surface area (Å²) in [5.74, 6) is 1.07. The fourth-order valence-electron chi connectivity index (χ4n) is 2.98. The van der Waals surface area contributed by atoms with E-state index in [0.717, 1.165) is 16.9 Å². The number of hydrogen-bond acceptors (Lipinski definition) is 7. The summed E-state index contributed by atoms with van der Waals surface area (Å²) in [5, 5.41) is 8.29. The molecule has 0 aliphatic heterocycles. The molecule has 2 aromatic carbocycles. The molecule has 0 saturated carbocycles. The highest BCUT2D eigenvalue weighted by Crippen LogP contribution is 2.21. The summed E-state index contributed by atoms with van der Waals surface area (Å²) in [6.45, 7) is 0.355. The van der Waals surface area contributed by atoms with Crippen molar-refractivity contribution in [2.45, 2.75) is 28.6 Å². The average Bonchev–Trinajstić information content (AvgIpc) is 2.77. The number of thioether (sulfide) groups is 1. The van der Waals surface area contributed by atoms with E-state index in [1.165, 1.54) is 30.0 Å². The minimum Gasteiger partial charge on any atom is -0.497 e. The largest absolute Gasteiger partial charge is 0.497 e. The van der Waals surface area contributed by atoms with Crippen molar-refractivity contribution in [1.82, 2.24) is 15.3 Å². The number of H-pyrrole nitrogens is 1. The summed E-state index contributed by atoms with van der Waals surface area (Å²) in [6, 6.07) is 15.1. The van der Waals surface area contributed by atoms with Crippen LogP contribution in [0.15, 0.2) is 69.4 Å². The second kappa shape index (κ2) is 11.1. The normalized spacial score (nSPS) is 11.2. The van der Waals surface area contributed by atoms with Gasteiger partial charge in [-0.15, -0.1) is 0 Å². The second-order valence-corrected chi connectivity index (χ2v) is 9.67. The standard InChI is InChI=1S/C22H24N4O5S2/c1-31-18-4-2-3-16(11-18)14-32-22-25-17(13-21(28)26-22)12-20(27)24-10-9-15-5-7-19(8-6-15)33(23,29)30/h2-8,11,13H,9-10,12,14H2,1H3,(H,24,27)(H2,23,29,30)(H,25,26,28). The number of aromatic nitrogens is 2. The van der Waals surface area contributed by atoms with E-state index >= 15 is 0 Å². The molecule has 174 valence electrons. The Morgan fingerprint density at radius 2 is 1.91 bits per heavy atom. The maximum Gasteiger partial charge on any atom is 0.251 e. The van der Waals surface area contributed by atoms with Gasteiger partial charge in [0.15, 0.2) is 5.16 Å². The van der Waals surface area contributed by atoms with E-state index in [2.05, 4.69) is 15.3 Å². The van der Waals surface area contributed by atoms with Gasteiger partial charge in [-0.3, -0.25) is 9.59 Å². The van der Waals surface area contributed by atoms with Crippen LogP contribution in [0.25, 0.3) is 0 Å². The molecule has 1 aromatic heterocycles. The molecule has 9 nitrogen and oxygen atoms in total. The lowest BCUT2D eigenvalue weighted by atomic mass is 10.1. The van der Waals surface area contributed by atoms with Crippen LogP contribution >= 0.6 is 11.8 Å². The van der Waals surface area contributed by atoms with E-state index in [-0.39, 0.29) is 22.8 Å². The van der Waals surface area contributed by atoms with Crippen molar-refractivity contribution in [2.24, 2.45) is 5.14 Å². The van der Waals surface area contributed by atoms with E-state index in [1.807, 2.05) is 24.3 Å². The summed E-state index contributed by atoms with van der Waals surface area (Å²) in [7, 11) is -2.13. The molecule has 33 heavy (non-hydrogen) atoms. The van der Waals surface area contributed by atoms with E-state index in [4.69, 9.17) is 9.88 Å². The molecule has 0 radical (unpaired) electrons. The number of sulfonamides is 1. The summed E-state index contributed by atoms with van der Waals surface area (Å²) >= 11 is 1.36. The minimum absolute atomic E-state index is 0.0268. The number of primary sulfonamides is 1. The number of amides is 1. The molecule has 3 rings (SSSR count). The molecule has 0 aliphatic carbocycles. The number of benzene rings is 2. The van der Waals surface area contributed by atoms with Crippen LogP contribution in [0.4, 0.5) is 0 Å². The zero-order valence-corrected chi connectivity index (χ0v) is 19.5. The van der Waals surface area contributed by atoms with Gasteiger partial charge in [0, 0.05) is 18.4 Å². The highest BCUT2D eigenvalue weighted by Gasteiger charge is 2.10. The number of ether oxygens (including phenoxy) is 1. The molecule has 1 amide bonds. The Labute approximate surface area is 195 Å². The van der Waals surface area contributed by atoms with Gasteiger partial charge < -0.3 is 15.0 Å². The molecule has 4 N–H and O–H groups in total. The van der Waals surface area contributed by atoms with Crippen molar-refractivity contribution in [3.8, 4) is 5.75 Å². The van der Waals surface area contributed by atoms with Crippen LogP contribution in [0.5, 0.6) is 5.75 Å². The number of carbonyl (C=O) groups is 1. The maximum absolute atomic E-state index is 12.3. The lowest BCUT2D eigenvalue weighted by Crippen LogP contribution is -2.28. The van der Waals surface area contributed by atoms with Crippen molar-refractivity contribution in [1.29, 1.82) is 0 Å². The lowest BCUT2D eigenvalue weighted by molar-refractivity contribution is -0.120. The van der Waals surface area contributed by atoms with Gasteiger partial charge in [-0.2, -0.15) is 0 Å². The molecule has 11 heteroatoms. The van der Waals surface area contributed by atoms with Crippen LogP contribution in [0, 0.1) is 0 Å². The molecule has 0 atom stereocenters. The third-order valence-electron chi connectivity index (χ3n) is 4.61. The smallest absolute Gasteiger partial charge is 0.251 e. The Kier molecular flexibility index (Phi) is 8.26. The molecular weight excluding hydrogens is 464 g/mol.